The quantitative estimate of drug-likeness (QED) is 0.659. The molecule has 1 aliphatic heterocycles. The molecule has 6 nitrogen and oxygen atoms in total. The van der Waals surface area contributed by atoms with Crippen molar-refractivity contribution >= 4 is 17.5 Å². The van der Waals surface area contributed by atoms with E-state index in [2.05, 4.69) is 5.32 Å². The molecule has 158 valence electrons. The number of carbonyl (C=O) groups excluding carboxylic acids is 2. The molecular formula is C25H24N2O4. The number of hydrogen-bond donors (Lipinski definition) is 1. The third-order valence-electron chi connectivity index (χ3n) is 5.00. The minimum Gasteiger partial charge on any atom is -0.484 e. The van der Waals surface area contributed by atoms with Crippen molar-refractivity contribution in [2.75, 3.05) is 11.9 Å². The van der Waals surface area contributed by atoms with Gasteiger partial charge < -0.3 is 19.7 Å². The van der Waals surface area contributed by atoms with E-state index < -0.39 is 6.10 Å². The topological polar surface area (TPSA) is 67.9 Å². The summed E-state index contributed by atoms with van der Waals surface area (Å²) >= 11 is 0. The highest BCUT2D eigenvalue weighted by atomic mass is 16.5. The molecule has 6 heteroatoms. The molecule has 2 amide bonds. The predicted molar refractivity (Wildman–Crippen MR) is 118 cm³/mol. The second kappa shape index (κ2) is 9.34. The number of hydrogen-bond acceptors (Lipinski definition) is 4. The molecule has 0 saturated carbocycles. The fraction of sp³-hybridized carbons (Fsp3) is 0.200. The van der Waals surface area contributed by atoms with Gasteiger partial charge >= 0.3 is 0 Å². The Morgan fingerprint density at radius 3 is 2.52 bits per heavy atom. The largest absolute Gasteiger partial charge is 0.484 e. The van der Waals surface area contributed by atoms with Gasteiger partial charge in [0.1, 0.15) is 11.5 Å². The maximum Gasteiger partial charge on any atom is 0.263 e. The van der Waals surface area contributed by atoms with Crippen LogP contribution in [0.5, 0.6) is 11.5 Å². The molecule has 3 aromatic carbocycles. The summed E-state index contributed by atoms with van der Waals surface area (Å²) in [6.07, 6.45) is -0.579. The number of para-hydroxylation sites is 1. The van der Waals surface area contributed by atoms with Gasteiger partial charge in [-0.15, -0.1) is 0 Å². The zero-order valence-corrected chi connectivity index (χ0v) is 17.3. The van der Waals surface area contributed by atoms with Gasteiger partial charge in [0, 0.05) is 24.3 Å². The Balaban J connectivity index is 1.46. The van der Waals surface area contributed by atoms with E-state index in [1.165, 1.54) is 0 Å². The highest BCUT2D eigenvalue weighted by molar-refractivity contribution is 5.92. The summed E-state index contributed by atoms with van der Waals surface area (Å²) in [7, 11) is 0. The zero-order chi connectivity index (χ0) is 21.6. The van der Waals surface area contributed by atoms with Gasteiger partial charge in [-0.05, 0) is 42.8 Å². The van der Waals surface area contributed by atoms with E-state index in [0.717, 1.165) is 11.1 Å². The van der Waals surface area contributed by atoms with Gasteiger partial charge in [-0.3, -0.25) is 9.59 Å². The van der Waals surface area contributed by atoms with Gasteiger partial charge in [0.2, 0.25) is 0 Å². The smallest absolute Gasteiger partial charge is 0.263 e. The van der Waals surface area contributed by atoms with Crippen LogP contribution in [0.1, 0.15) is 18.1 Å². The van der Waals surface area contributed by atoms with E-state index in [1.807, 2.05) is 54.6 Å². The second-order valence-corrected chi connectivity index (χ2v) is 7.41. The molecule has 1 atom stereocenters. The number of fused-ring (bicyclic) bond motifs is 1. The van der Waals surface area contributed by atoms with Crippen molar-refractivity contribution in [1.29, 1.82) is 0 Å². The number of nitrogens with one attached hydrogen (secondary N) is 1. The monoisotopic (exact) mass is 416 g/mol. The van der Waals surface area contributed by atoms with Crippen LogP contribution in [0.25, 0.3) is 0 Å². The molecule has 0 aromatic heterocycles. The lowest BCUT2D eigenvalue weighted by atomic mass is 10.1. The van der Waals surface area contributed by atoms with Crippen molar-refractivity contribution in [3.63, 3.8) is 0 Å². The van der Waals surface area contributed by atoms with E-state index >= 15 is 0 Å². The van der Waals surface area contributed by atoms with Crippen molar-refractivity contribution in [2.24, 2.45) is 0 Å². The van der Waals surface area contributed by atoms with Gasteiger partial charge in [0.15, 0.2) is 12.7 Å². The Morgan fingerprint density at radius 2 is 1.77 bits per heavy atom. The Morgan fingerprint density at radius 1 is 1.06 bits per heavy atom. The first-order chi connectivity index (χ1) is 15.1. The van der Waals surface area contributed by atoms with Crippen molar-refractivity contribution < 1.29 is 19.1 Å². The fourth-order valence-corrected chi connectivity index (χ4v) is 3.48. The first kappa shape index (κ1) is 20.5. The Hall–Kier alpha value is -3.80. The number of nitrogens with zero attached hydrogens (tertiary/aromatic N) is 1. The zero-order valence-electron chi connectivity index (χ0n) is 17.3. The summed E-state index contributed by atoms with van der Waals surface area (Å²) in [4.78, 5) is 26.9. The van der Waals surface area contributed by atoms with Crippen LogP contribution in [0.4, 0.5) is 5.69 Å². The predicted octanol–water partition coefficient (Wildman–Crippen LogP) is 4.01. The number of benzene rings is 3. The van der Waals surface area contributed by atoms with Crippen LogP contribution in [0.15, 0.2) is 78.9 Å². The normalized spacial score (nSPS) is 15.5. The van der Waals surface area contributed by atoms with Crippen LogP contribution in [-0.2, 0) is 22.7 Å². The lowest BCUT2D eigenvalue weighted by molar-refractivity contribution is -0.138. The van der Waals surface area contributed by atoms with Crippen LogP contribution in [-0.4, -0.2) is 29.4 Å². The molecule has 1 N–H and O–H groups in total. The third kappa shape index (κ3) is 5.22. The summed E-state index contributed by atoms with van der Waals surface area (Å²) in [6, 6.07) is 24.4. The highest BCUT2D eigenvalue weighted by Gasteiger charge is 2.28. The molecule has 0 fully saturated rings. The van der Waals surface area contributed by atoms with Crippen molar-refractivity contribution in [2.45, 2.75) is 26.1 Å². The van der Waals surface area contributed by atoms with Crippen LogP contribution >= 0.6 is 0 Å². The summed E-state index contributed by atoms with van der Waals surface area (Å²) in [5.41, 5.74) is 2.52. The molecule has 3 aromatic rings. The minimum atomic E-state index is -0.579. The number of amides is 2. The lowest BCUT2D eigenvalue weighted by Gasteiger charge is -2.22. The summed E-state index contributed by atoms with van der Waals surface area (Å²) in [5.74, 6) is 0.956. The van der Waals surface area contributed by atoms with Crippen molar-refractivity contribution in [3.05, 3.63) is 90.0 Å². The van der Waals surface area contributed by atoms with Crippen molar-refractivity contribution in [1.82, 2.24) is 4.90 Å². The molecule has 0 radical (unpaired) electrons. The molecule has 0 bridgehead atoms. The van der Waals surface area contributed by atoms with Gasteiger partial charge in [-0.2, -0.15) is 0 Å². The molecular weight excluding hydrogens is 392 g/mol. The van der Waals surface area contributed by atoms with Crippen molar-refractivity contribution in [3.8, 4) is 11.5 Å². The average Bonchev–Trinajstić information content (AvgIpc) is 2.90. The second-order valence-electron chi connectivity index (χ2n) is 7.41. The van der Waals surface area contributed by atoms with Gasteiger partial charge in [0.05, 0.1) is 0 Å². The van der Waals surface area contributed by atoms with Gasteiger partial charge in [-0.1, -0.05) is 48.5 Å². The Bertz CT molecular complexity index is 1050. The van der Waals surface area contributed by atoms with E-state index in [9.17, 15) is 9.59 Å². The maximum atomic E-state index is 12.8. The molecule has 0 unspecified atom stereocenters. The van der Waals surface area contributed by atoms with Crippen LogP contribution in [0.2, 0.25) is 0 Å². The van der Waals surface area contributed by atoms with Crippen LogP contribution in [0, 0.1) is 0 Å². The van der Waals surface area contributed by atoms with E-state index in [0.29, 0.717) is 30.3 Å². The van der Waals surface area contributed by atoms with Gasteiger partial charge in [-0.25, -0.2) is 0 Å². The minimum absolute atomic E-state index is 0.0677. The number of ether oxygens (including phenoxy) is 2. The number of carbonyl (C=O) groups is 2. The summed E-state index contributed by atoms with van der Waals surface area (Å²) in [5, 5.41) is 2.85. The first-order valence-corrected chi connectivity index (χ1v) is 10.2. The molecule has 0 aliphatic carbocycles. The van der Waals surface area contributed by atoms with E-state index in [-0.39, 0.29) is 18.4 Å². The third-order valence-corrected chi connectivity index (χ3v) is 5.00. The van der Waals surface area contributed by atoms with Gasteiger partial charge in [0.25, 0.3) is 11.8 Å². The first-order valence-electron chi connectivity index (χ1n) is 10.2. The molecule has 1 aliphatic rings. The molecule has 31 heavy (non-hydrogen) atoms. The molecule has 0 saturated heterocycles. The number of anilines is 1. The summed E-state index contributed by atoms with van der Waals surface area (Å²) < 4.78 is 11.4. The highest BCUT2D eigenvalue weighted by Crippen LogP contribution is 2.29. The summed E-state index contributed by atoms with van der Waals surface area (Å²) in [6.45, 7) is 2.56. The molecule has 0 spiro atoms. The average molecular weight is 416 g/mol. The Labute approximate surface area is 181 Å². The lowest BCUT2D eigenvalue weighted by Crippen LogP contribution is -2.37. The SMILES string of the molecule is C[C@H]1Oc2ccc(NC(=O)COc3ccccc3)cc2CN(Cc2ccccc2)C1=O. The Kier molecular flexibility index (Phi) is 6.17. The van der Waals surface area contributed by atoms with Crippen LogP contribution in [0.3, 0.4) is 0 Å². The maximum absolute atomic E-state index is 12.8. The number of rotatable bonds is 6. The van der Waals surface area contributed by atoms with Crippen LogP contribution < -0.4 is 14.8 Å². The molecule has 4 rings (SSSR count). The van der Waals surface area contributed by atoms with E-state index in [4.69, 9.17) is 9.47 Å². The fourth-order valence-electron chi connectivity index (χ4n) is 3.48. The standard InChI is InChI=1S/C25H24N2O4/c1-18-25(29)27(15-19-8-4-2-5-9-19)16-20-14-21(12-13-23(20)31-18)26-24(28)17-30-22-10-6-3-7-11-22/h2-14,18H,15-17H2,1H3,(H,26,28)/t18-/m1/s1. The van der Waals surface area contributed by atoms with E-state index in [1.54, 1.807) is 36.1 Å². The molecule has 1 heterocycles.